The van der Waals surface area contributed by atoms with Gasteiger partial charge in [-0.1, -0.05) is 40.0 Å². The summed E-state index contributed by atoms with van der Waals surface area (Å²) in [6.07, 6.45) is 5.84. The molecule has 1 aromatic carbocycles. The summed E-state index contributed by atoms with van der Waals surface area (Å²) in [5, 5.41) is 0. The maximum Gasteiger partial charge on any atom is 0.243 e. The molecular formula is C18H31NO3S. The second-order valence-electron chi connectivity index (χ2n) is 5.78. The molecular weight excluding hydrogens is 310 g/mol. The molecule has 0 spiro atoms. The first-order valence-corrected chi connectivity index (χ1v) is 10.2. The summed E-state index contributed by atoms with van der Waals surface area (Å²) >= 11 is 0. The van der Waals surface area contributed by atoms with E-state index in [1.165, 1.54) is 0 Å². The average molecular weight is 342 g/mol. The number of unbranched alkanes of at least 4 members (excludes halogenated alkanes) is 3. The monoisotopic (exact) mass is 341 g/mol. The van der Waals surface area contributed by atoms with Crippen molar-refractivity contribution in [1.29, 1.82) is 0 Å². The van der Waals surface area contributed by atoms with Crippen LogP contribution in [0.2, 0.25) is 0 Å². The largest absolute Gasteiger partial charge is 0.494 e. The lowest BCUT2D eigenvalue weighted by Crippen LogP contribution is -2.33. The summed E-state index contributed by atoms with van der Waals surface area (Å²) in [5.74, 6) is 0.728. The van der Waals surface area contributed by atoms with Gasteiger partial charge in [0, 0.05) is 13.1 Å². The quantitative estimate of drug-likeness (QED) is 0.527. The molecule has 0 aliphatic carbocycles. The molecule has 0 fully saturated rings. The van der Waals surface area contributed by atoms with E-state index >= 15 is 0 Å². The van der Waals surface area contributed by atoms with E-state index in [1.807, 2.05) is 0 Å². The maximum atomic E-state index is 12.8. The Hall–Kier alpha value is -1.07. The van der Waals surface area contributed by atoms with Crippen molar-refractivity contribution < 1.29 is 13.2 Å². The first-order valence-electron chi connectivity index (χ1n) is 8.79. The average Bonchev–Trinajstić information content (AvgIpc) is 2.55. The van der Waals surface area contributed by atoms with Crippen LogP contribution >= 0.6 is 0 Å². The van der Waals surface area contributed by atoms with Crippen molar-refractivity contribution >= 4 is 10.0 Å². The second kappa shape index (κ2) is 10.7. The highest BCUT2D eigenvalue weighted by Gasteiger charge is 2.23. The summed E-state index contributed by atoms with van der Waals surface area (Å²) in [4.78, 5) is 0.354. The van der Waals surface area contributed by atoms with Gasteiger partial charge in [-0.15, -0.1) is 0 Å². The van der Waals surface area contributed by atoms with Gasteiger partial charge >= 0.3 is 0 Å². The standard InChI is InChI=1S/C18H31NO3S/c1-4-7-14-19(15-8-5-2)23(20,21)18-12-10-17(11-13-18)22-16-9-6-3/h10-13H,4-9,14-16H2,1-3H3. The summed E-state index contributed by atoms with van der Waals surface area (Å²) in [6, 6.07) is 6.81. The minimum atomic E-state index is -3.41. The van der Waals surface area contributed by atoms with Gasteiger partial charge in [0.2, 0.25) is 10.0 Å². The predicted molar refractivity (Wildman–Crippen MR) is 95.4 cm³/mol. The zero-order valence-corrected chi connectivity index (χ0v) is 15.6. The molecule has 4 nitrogen and oxygen atoms in total. The molecule has 0 N–H and O–H groups in total. The zero-order chi connectivity index (χ0) is 17.1. The Balaban J connectivity index is 2.82. The smallest absolute Gasteiger partial charge is 0.243 e. The number of hydrogen-bond donors (Lipinski definition) is 0. The van der Waals surface area contributed by atoms with Crippen molar-refractivity contribution in [3.8, 4) is 5.75 Å². The Kier molecular flexibility index (Phi) is 9.26. The predicted octanol–water partition coefficient (Wildman–Crippen LogP) is 4.46. The van der Waals surface area contributed by atoms with Crippen LogP contribution in [0.25, 0.3) is 0 Å². The Labute approximate surface area is 141 Å². The Bertz CT molecular complexity index is 518. The lowest BCUT2D eigenvalue weighted by molar-refractivity contribution is 0.309. The molecule has 0 atom stereocenters. The van der Waals surface area contributed by atoms with Crippen LogP contribution in [0.15, 0.2) is 29.2 Å². The highest BCUT2D eigenvalue weighted by Crippen LogP contribution is 2.21. The van der Waals surface area contributed by atoms with Gasteiger partial charge in [0.1, 0.15) is 5.75 Å². The Morgan fingerprint density at radius 1 is 0.870 bits per heavy atom. The van der Waals surface area contributed by atoms with Crippen molar-refractivity contribution in [2.24, 2.45) is 0 Å². The highest BCUT2D eigenvalue weighted by molar-refractivity contribution is 7.89. The molecule has 0 saturated heterocycles. The second-order valence-corrected chi connectivity index (χ2v) is 7.72. The van der Waals surface area contributed by atoms with Gasteiger partial charge in [0.15, 0.2) is 0 Å². The van der Waals surface area contributed by atoms with Crippen LogP contribution in [-0.4, -0.2) is 32.4 Å². The van der Waals surface area contributed by atoms with Crippen LogP contribution in [0.5, 0.6) is 5.75 Å². The van der Waals surface area contributed by atoms with Crippen LogP contribution in [0, 0.1) is 0 Å². The lowest BCUT2D eigenvalue weighted by atomic mass is 10.3. The SMILES string of the molecule is CCCCOc1ccc(S(=O)(=O)N(CCCC)CCCC)cc1. The van der Waals surface area contributed by atoms with Crippen molar-refractivity contribution in [2.45, 2.75) is 64.2 Å². The molecule has 0 heterocycles. The molecule has 23 heavy (non-hydrogen) atoms. The molecule has 0 unspecified atom stereocenters. The summed E-state index contributed by atoms with van der Waals surface area (Å²) in [7, 11) is -3.41. The Morgan fingerprint density at radius 3 is 1.87 bits per heavy atom. The van der Waals surface area contributed by atoms with Crippen LogP contribution in [-0.2, 0) is 10.0 Å². The third kappa shape index (κ3) is 6.51. The number of rotatable bonds is 12. The van der Waals surface area contributed by atoms with E-state index in [0.29, 0.717) is 24.6 Å². The molecule has 132 valence electrons. The molecule has 1 rings (SSSR count). The van der Waals surface area contributed by atoms with Crippen molar-refractivity contribution in [2.75, 3.05) is 19.7 Å². The van der Waals surface area contributed by atoms with E-state index in [-0.39, 0.29) is 0 Å². The highest BCUT2D eigenvalue weighted by atomic mass is 32.2. The molecule has 0 amide bonds. The molecule has 5 heteroatoms. The van der Waals surface area contributed by atoms with E-state index in [1.54, 1.807) is 28.6 Å². The molecule has 1 aromatic rings. The van der Waals surface area contributed by atoms with Gasteiger partial charge in [0.05, 0.1) is 11.5 Å². The minimum absolute atomic E-state index is 0.354. The number of sulfonamides is 1. The molecule has 0 aromatic heterocycles. The van der Waals surface area contributed by atoms with Crippen molar-refractivity contribution in [3.63, 3.8) is 0 Å². The number of hydrogen-bond acceptors (Lipinski definition) is 3. The molecule has 0 radical (unpaired) electrons. The van der Waals surface area contributed by atoms with Gasteiger partial charge in [0.25, 0.3) is 0 Å². The van der Waals surface area contributed by atoms with E-state index in [0.717, 1.165) is 44.3 Å². The van der Waals surface area contributed by atoms with Crippen LogP contribution < -0.4 is 4.74 Å². The van der Waals surface area contributed by atoms with E-state index < -0.39 is 10.0 Å². The topological polar surface area (TPSA) is 46.6 Å². The van der Waals surface area contributed by atoms with Crippen LogP contribution in [0.1, 0.15) is 59.3 Å². The maximum absolute atomic E-state index is 12.8. The number of ether oxygens (including phenoxy) is 1. The molecule has 0 bridgehead atoms. The van der Waals surface area contributed by atoms with Crippen molar-refractivity contribution in [1.82, 2.24) is 4.31 Å². The van der Waals surface area contributed by atoms with Gasteiger partial charge < -0.3 is 4.74 Å². The third-order valence-corrected chi connectivity index (χ3v) is 5.66. The normalized spacial score (nSPS) is 11.8. The summed E-state index contributed by atoms with van der Waals surface area (Å²) < 4.78 is 32.8. The molecule has 0 saturated carbocycles. The third-order valence-electron chi connectivity index (χ3n) is 3.75. The van der Waals surface area contributed by atoms with Gasteiger partial charge in [-0.3, -0.25) is 0 Å². The Morgan fingerprint density at radius 2 is 1.39 bits per heavy atom. The lowest BCUT2D eigenvalue weighted by Gasteiger charge is -2.22. The fourth-order valence-electron chi connectivity index (χ4n) is 2.21. The van der Waals surface area contributed by atoms with E-state index in [4.69, 9.17) is 4.74 Å². The van der Waals surface area contributed by atoms with Crippen LogP contribution in [0.3, 0.4) is 0 Å². The number of nitrogens with zero attached hydrogens (tertiary/aromatic N) is 1. The first kappa shape index (κ1) is 20.0. The van der Waals surface area contributed by atoms with E-state index in [2.05, 4.69) is 20.8 Å². The summed E-state index contributed by atoms with van der Waals surface area (Å²) in [6.45, 7) is 8.11. The number of benzene rings is 1. The van der Waals surface area contributed by atoms with Crippen molar-refractivity contribution in [3.05, 3.63) is 24.3 Å². The van der Waals surface area contributed by atoms with Gasteiger partial charge in [-0.25, -0.2) is 8.42 Å². The molecule has 0 aliphatic heterocycles. The zero-order valence-electron chi connectivity index (χ0n) is 14.8. The molecule has 0 aliphatic rings. The fourth-order valence-corrected chi connectivity index (χ4v) is 3.73. The fraction of sp³-hybridized carbons (Fsp3) is 0.667. The minimum Gasteiger partial charge on any atom is -0.494 e. The van der Waals surface area contributed by atoms with Gasteiger partial charge in [-0.2, -0.15) is 4.31 Å². The first-order chi connectivity index (χ1) is 11.1. The summed E-state index contributed by atoms with van der Waals surface area (Å²) in [5.41, 5.74) is 0. The van der Waals surface area contributed by atoms with Gasteiger partial charge in [-0.05, 0) is 43.5 Å². The van der Waals surface area contributed by atoms with Crippen LogP contribution in [0.4, 0.5) is 0 Å². The van der Waals surface area contributed by atoms with E-state index in [9.17, 15) is 8.42 Å².